The molecule has 0 aliphatic heterocycles. The summed E-state index contributed by atoms with van der Waals surface area (Å²) in [5, 5.41) is 17.3. The number of carboxylic acid groups (broad SMARTS) is 2. The Hall–Kier alpha value is -3.73. The van der Waals surface area contributed by atoms with Crippen LogP contribution in [-0.4, -0.2) is 27.9 Å². The molecule has 0 saturated heterocycles. The van der Waals surface area contributed by atoms with E-state index < -0.39 is 22.8 Å². The van der Waals surface area contributed by atoms with Crippen LogP contribution in [0.25, 0.3) is 0 Å². The summed E-state index contributed by atoms with van der Waals surface area (Å²) in [5.74, 6) is -1.89. The molecule has 5 nitrogen and oxygen atoms in total. The fourth-order valence-corrected chi connectivity index (χ4v) is 4.98. The van der Waals surface area contributed by atoms with Gasteiger partial charge >= 0.3 is 11.9 Å². The molecule has 3 rings (SSSR count). The molecule has 2 N–H and O–H groups in total. The van der Waals surface area contributed by atoms with Gasteiger partial charge in [0.15, 0.2) is 5.78 Å². The van der Waals surface area contributed by atoms with Crippen LogP contribution >= 0.6 is 0 Å². The van der Waals surface area contributed by atoms with Crippen LogP contribution in [0.1, 0.15) is 90.8 Å². The van der Waals surface area contributed by atoms with Gasteiger partial charge in [-0.1, -0.05) is 93.4 Å². The minimum atomic E-state index is -1.12. The van der Waals surface area contributed by atoms with E-state index in [2.05, 4.69) is 52.0 Å². The van der Waals surface area contributed by atoms with Crippen molar-refractivity contribution in [3.05, 3.63) is 107 Å². The highest BCUT2D eigenvalue weighted by molar-refractivity contribution is 5.98. The topological polar surface area (TPSA) is 91.7 Å². The SMILES string of the molecule is CCCC(C)(C(=O)C(C)(CCC)c1ccccc1)c1ccccc1.Cc1ccc(C(=O)O)cc1C(=O)O. The van der Waals surface area contributed by atoms with Gasteiger partial charge in [0.1, 0.15) is 0 Å². The van der Waals surface area contributed by atoms with E-state index in [1.54, 1.807) is 6.92 Å². The molecule has 0 spiro atoms. The van der Waals surface area contributed by atoms with Crippen LogP contribution in [0, 0.1) is 6.92 Å². The number of benzene rings is 3. The zero-order valence-electron chi connectivity index (χ0n) is 22.5. The summed E-state index contributed by atoms with van der Waals surface area (Å²) >= 11 is 0. The summed E-state index contributed by atoms with van der Waals surface area (Å²) in [6.45, 7) is 10.2. The zero-order chi connectivity index (χ0) is 27.6. The molecule has 0 bridgehead atoms. The van der Waals surface area contributed by atoms with Crippen LogP contribution in [-0.2, 0) is 15.6 Å². The second-order valence-corrected chi connectivity index (χ2v) is 9.87. The number of carbonyl (C=O) groups is 3. The summed E-state index contributed by atoms with van der Waals surface area (Å²) < 4.78 is 0. The molecule has 196 valence electrons. The maximum Gasteiger partial charge on any atom is 0.335 e. The van der Waals surface area contributed by atoms with Crippen molar-refractivity contribution in [2.75, 3.05) is 0 Å². The van der Waals surface area contributed by atoms with Gasteiger partial charge in [0.2, 0.25) is 0 Å². The molecule has 0 aliphatic rings. The molecule has 0 aliphatic carbocycles. The van der Waals surface area contributed by atoms with E-state index in [1.807, 2.05) is 36.4 Å². The van der Waals surface area contributed by atoms with Crippen molar-refractivity contribution in [2.24, 2.45) is 0 Å². The summed E-state index contributed by atoms with van der Waals surface area (Å²) in [6.07, 6.45) is 3.74. The molecule has 0 fully saturated rings. The van der Waals surface area contributed by atoms with Crippen molar-refractivity contribution in [3.8, 4) is 0 Å². The molecule has 3 aromatic carbocycles. The molecule has 2 atom stereocenters. The smallest absolute Gasteiger partial charge is 0.335 e. The fourth-order valence-electron chi connectivity index (χ4n) is 4.98. The number of hydrogen-bond donors (Lipinski definition) is 2. The first-order valence-electron chi connectivity index (χ1n) is 12.7. The lowest BCUT2D eigenvalue weighted by Crippen LogP contribution is -2.46. The predicted octanol–water partition coefficient (Wildman–Crippen LogP) is 7.46. The number of carbonyl (C=O) groups excluding carboxylic acids is 1. The first-order chi connectivity index (χ1) is 17.5. The van der Waals surface area contributed by atoms with E-state index in [-0.39, 0.29) is 11.1 Å². The molecule has 37 heavy (non-hydrogen) atoms. The van der Waals surface area contributed by atoms with Crippen molar-refractivity contribution < 1.29 is 24.6 Å². The first-order valence-corrected chi connectivity index (χ1v) is 12.7. The van der Waals surface area contributed by atoms with Crippen molar-refractivity contribution >= 4 is 17.7 Å². The maximum atomic E-state index is 13.9. The van der Waals surface area contributed by atoms with E-state index in [0.717, 1.165) is 42.9 Å². The van der Waals surface area contributed by atoms with Crippen LogP contribution in [0.5, 0.6) is 0 Å². The number of aryl methyl sites for hydroxylation is 1. The van der Waals surface area contributed by atoms with Crippen molar-refractivity contribution in [3.63, 3.8) is 0 Å². The summed E-state index contributed by atoms with van der Waals surface area (Å²) in [7, 11) is 0. The third-order valence-corrected chi connectivity index (χ3v) is 7.04. The summed E-state index contributed by atoms with van der Waals surface area (Å²) in [5.41, 5.74) is 1.94. The largest absolute Gasteiger partial charge is 0.478 e. The van der Waals surface area contributed by atoms with E-state index in [0.29, 0.717) is 11.3 Å². The van der Waals surface area contributed by atoms with Crippen LogP contribution in [0.4, 0.5) is 0 Å². The van der Waals surface area contributed by atoms with E-state index in [4.69, 9.17) is 10.2 Å². The zero-order valence-corrected chi connectivity index (χ0v) is 22.5. The van der Waals surface area contributed by atoms with Crippen molar-refractivity contribution in [1.29, 1.82) is 0 Å². The molecule has 0 radical (unpaired) electrons. The second-order valence-electron chi connectivity index (χ2n) is 9.87. The Morgan fingerprint density at radius 1 is 0.676 bits per heavy atom. The average molecular weight is 503 g/mol. The Morgan fingerprint density at radius 2 is 1.11 bits per heavy atom. The molecule has 2 unspecified atom stereocenters. The molecular formula is C32H38O5. The third kappa shape index (κ3) is 6.94. The highest BCUT2D eigenvalue weighted by Crippen LogP contribution is 2.41. The van der Waals surface area contributed by atoms with E-state index in [1.165, 1.54) is 12.1 Å². The van der Waals surface area contributed by atoms with Crippen LogP contribution < -0.4 is 0 Å². The number of carboxylic acids is 2. The van der Waals surface area contributed by atoms with Gasteiger partial charge in [0.25, 0.3) is 0 Å². The normalized spacial score (nSPS) is 13.9. The van der Waals surface area contributed by atoms with Gasteiger partial charge in [-0.15, -0.1) is 0 Å². The molecule has 3 aromatic rings. The number of rotatable bonds is 10. The minimum absolute atomic E-state index is 0.0111. The Balaban J connectivity index is 0.000000312. The fraction of sp³-hybridized carbons (Fsp3) is 0.344. The Labute approximate surface area is 220 Å². The Kier molecular flexibility index (Phi) is 10.4. The predicted molar refractivity (Wildman–Crippen MR) is 148 cm³/mol. The monoisotopic (exact) mass is 502 g/mol. The quantitative estimate of drug-likeness (QED) is 0.300. The molecule has 5 heteroatoms. The summed E-state index contributed by atoms with van der Waals surface area (Å²) in [4.78, 5) is 35.0. The summed E-state index contributed by atoms with van der Waals surface area (Å²) in [6, 6.07) is 24.6. The Morgan fingerprint density at radius 3 is 1.46 bits per heavy atom. The van der Waals surface area contributed by atoms with Gasteiger partial charge in [-0.2, -0.15) is 0 Å². The number of ketones is 1. The highest BCUT2D eigenvalue weighted by Gasteiger charge is 2.45. The van der Waals surface area contributed by atoms with Crippen LogP contribution in [0.2, 0.25) is 0 Å². The number of aromatic carboxylic acids is 2. The Bertz CT molecular complexity index is 1140. The van der Waals surface area contributed by atoms with Gasteiger partial charge < -0.3 is 10.2 Å². The van der Waals surface area contributed by atoms with E-state index in [9.17, 15) is 14.4 Å². The third-order valence-electron chi connectivity index (χ3n) is 7.04. The second kappa shape index (κ2) is 13.0. The van der Waals surface area contributed by atoms with Gasteiger partial charge in [-0.25, -0.2) is 9.59 Å². The first kappa shape index (κ1) is 29.5. The highest BCUT2D eigenvalue weighted by atomic mass is 16.4. The lowest BCUT2D eigenvalue weighted by Gasteiger charge is -2.39. The molecule has 0 saturated carbocycles. The minimum Gasteiger partial charge on any atom is -0.478 e. The molecule has 0 heterocycles. The van der Waals surface area contributed by atoms with Gasteiger partial charge in [-0.05, 0) is 62.4 Å². The maximum absolute atomic E-state index is 13.9. The van der Waals surface area contributed by atoms with Crippen molar-refractivity contribution in [2.45, 2.75) is 71.1 Å². The van der Waals surface area contributed by atoms with Crippen molar-refractivity contribution in [1.82, 2.24) is 0 Å². The standard InChI is InChI=1S/C23H30O.C9H8O4/c1-5-17-22(3,19-13-9-7-10-14-19)21(24)23(4,18-6-2)20-15-11-8-12-16-20;1-5-2-3-6(8(10)11)4-7(5)9(12)13/h7-16H,5-6,17-18H2,1-4H3;2-4H,1H3,(H,10,11)(H,12,13). The molecular weight excluding hydrogens is 464 g/mol. The van der Waals surface area contributed by atoms with Gasteiger partial charge in [0, 0.05) is 0 Å². The van der Waals surface area contributed by atoms with Gasteiger partial charge in [-0.3, -0.25) is 4.79 Å². The number of hydrogen-bond acceptors (Lipinski definition) is 3. The van der Waals surface area contributed by atoms with Crippen LogP contribution in [0.3, 0.4) is 0 Å². The van der Waals surface area contributed by atoms with E-state index >= 15 is 0 Å². The lowest BCUT2D eigenvalue weighted by atomic mass is 9.62. The van der Waals surface area contributed by atoms with Crippen LogP contribution in [0.15, 0.2) is 78.9 Å². The number of Topliss-reactive ketones (excluding diaryl/α,β-unsaturated/α-hetero) is 1. The molecule has 0 aromatic heterocycles. The van der Waals surface area contributed by atoms with Gasteiger partial charge in [0.05, 0.1) is 22.0 Å². The molecule has 0 amide bonds. The average Bonchev–Trinajstić information content (AvgIpc) is 2.89. The lowest BCUT2D eigenvalue weighted by molar-refractivity contribution is -0.130.